The Balaban J connectivity index is 1.56. The van der Waals surface area contributed by atoms with Gasteiger partial charge in [-0.1, -0.05) is 0 Å². The largest absolute Gasteiger partial charge is 0.497 e. The number of hydrogen-bond acceptors (Lipinski definition) is 4. The van der Waals surface area contributed by atoms with Crippen molar-refractivity contribution in [3.63, 3.8) is 0 Å². The number of guanidine groups is 1. The maximum absolute atomic E-state index is 6.03. The summed E-state index contributed by atoms with van der Waals surface area (Å²) >= 11 is 0. The predicted molar refractivity (Wildman–Crippen MR) is 92.4 cm³/mol. The van der Waals surface area contributed by atoms with Gasteiger partial charge in [0.25, 0.3) is 0 Å². The fraction of sp³-hybridized carbons (Fsp3) is 0.588. The van der Waals surface area contributed by atoms with Gasteiger partial charge in [0.05, 0.1) is 19.9 Å². The number of ether oxygens (including phenoxy) is 2. The quantitative estimate of drug-likeness (QED) is 0.619. The molecule has 6 heteroatoms. The van der Waals surface area contributed by atoms with E-state index in [2.05, 4.69) is 15.2 Å². The Kier molecular flexibility index (Phi) is 4.91. The fourth-order valence-electron chi connectivity index (χ4n) is 3.10. The zero-order chi connectivity index (χ0) is 16.2. The van der Waals surface area contributed by atoms with Gasteiger partial charge < -0.3 is 25.4 Å². The molecule has 1 aliphatic heterocycles. The minimum Gasteiger partial charge on any atom is -0.497 e. The van der Waals surface area contributed by atoms with Crippen molar-refractivity contribution in [1.82, 2.24) is 4.90 Å². The van der Waals surface area contributed by atoms with Crippen LogP contribution in [0.2, 0.25) is 0 Å². The Morgan fingerprint density at radius 1 is 1.30 bits per heavy atom. The van der Waals surface area contributed by atoms with Gasteiger partial charge in [-0.2, -0.15) is 0 Å². The van der Waals surface area contributed by atoms with E-state index in [1.165, 1.54) is 25.8 Å². The molecule has 1 aromatic rings. The van der Waals surface area contributed by atoms with Crippen molar-refractivity contribution in [2.75, 3.05) is 39.2 Å². The number of aliphatic imine (C=N–C) groups is 1. The Bertz CT molecular complexity index is 572. The van der Waals surface area contributed by atoms with Gasteiger partial charge in [0.1, 0.15) is 11.5 Å². The van der Waals surface area contributed by atoms with E-state index in [1.807, 2.05) is 18.2 Å². The highest BCUT2D eigenvalue weighted by atomic mass is 16.5. The molecule has 2 aliphatic rings. The molecule has 6 nitrogen and oxygen atoms in total. The van der Waals surface area contributed by atoms with Crippen molar-refractivity contribution in [3.05, 3.63) is 18.2 Å². The van der Waals surface area contributed by atoms with Gasteiger partial charge >= 0.3 is 0 Å². The second kappa shape index (κ2) is 7.08. The first-order chi connectivity index (χ1) is 11.2. The summed E-state index contributed by atoms with van der Waals surface area (Å²) in [5, 5.41) is 3.12. The number of nitrogens with one attached hydrogen (secondary N) is 1. The highest BCUT2D eigenvalue weighted by molar-refractivity contribution is 5.94. The van der Waals surface area contributed by atoms with Crippen molar-refractivity contribution in [2.45, 2.75) is 25.3 Å². The maximum Gasteiger partial charge on any atom is 0.193 e. The number of likely N-dealkylation sites (tertiary alicyclic amines) is 1. The van der Waals surface area contributed by atoms with Crippen LogP contribution in [0.1, 0.15) is 19.3 Å². The van der Waals surface area contributed by atoms with Crippen LogP contribution in [-0.4, -0.2) is 50.8 Å². The average Bonchev–Trinajstić information content (AvgIpc) is 3.31. The second-order valence-electron chi connectivity index (χ2n) is 6.30. The lowest BCUT2D eigenvalue weighted by Gasteiger charge is -2.14. The van der Waals surface area contributed by atoms with Crippen LogP contribution in [0.3, 0.4) is 0 Å². The van der Waals surface area contributed by atoms with Crippen LogP contribution in [0.15, 0.2) is 23.2 Å². The van der Waals surface area contributed by atoms with Gasteiger partial charge in [-0.25, -0.2) is 0 Å². The monoisotopic (exact) mass is 318 g/mol. The van der Waals surface area contributed by atoms with Crippen molar-refractivity contribution < 1.29 is 9.47 Å². The summed E-state index contributed by atoms with van der Waals surface area (Å²) in [5.74, 6) is 2.49. The predicted octanol–water partition coefficient (Wildman–Crippen LogP) is 1.91. The number of rotatable bonds is 6. The van der Waals surface area contributed by atoms with Gasteiger partial charge in [-0.3, -0.25) is 4.99 Å². The molecule has 23 heavy (non-hydrogen) atoms. The van der Waals surface area contributed by atoms with Gasteiger partial charge in [-0.05, 0) is 43.9 Å². The van der Waals surface area contributed by atoms with Gasteiger partial charge in [-0.15, -0.1) is 0 Å². The molecule has 0 bridgehead atoms. The summed E-state index contributed by atoms with van der Waals surface area (Å²) in [6.07, 6.45) is 3.96. The average molecular weight is 318 g/mol. The molecule has 1 aliphatic carbocycles. The second-order valence-corrected chi connectivity index (χ2v) is 6.30. The SMILES string of the molecule is COc1ccc(OC)c(NC(N)=NCC2CCN(C3CC3)C2)c1. The number of methoxy groups -OCH3 is 2. The number of nitrogens with two attached hydrogens (primary N) is 1. The van der Waals surface area contributed by atoms with Gasteiger partial charge in [0.2, 0.25) is 0 Å². The van der Waals surface area contributed by atoms with E-state index in [1.54, 1.807) is 14.2 Å². The number of benzene rings is 1. The van der Waals surface area contributed by atoms with Crippen LogP contribution in [0, 0.1) is 5.92 Å². The summed E-state index contributed by atoms with van der Waals surface area (Å²) in [7, 11) is 3.26. The molecule has 126 valence electrons. The first-order valence-electron chi connectivity index (χ1n) is 8.22. The van der Waals surface area contributed by atoms with Crippen LogP contribution >= 0.6 is 0 Å². The molecule has 1 atom stereocenters. The van der Waals surface area contributed by atoms with Crippen molar-refractivity contribution in [3.8, 4) is 11.5 Å². The number of nitrogens with zero attached hydrogens (tertiary/aromatic N) is 2. The van der Waals surface area contributed by atoms with Crippen molar-refractivity contribution in [1.29, 1.82) is 0 Å². The molecule has 0 spiro atoms. The van der Waals surface area contributed by atoms with Crippen LogP contribution < -0.4 is 20.5 Å². The molecule has 3 N–H and O–H groups in total. The maximum atomic E-state index is 6.03. The molecular weight excluding hydrogens is 292 g/mol. The molecule has 1 saturated carbocycles. The van der Waals surface area contributed by atoms with E-state index in [4.69, 9.17) is 15.2 Å². The van der Waals surface area contributed by atoms with Crippen molar-refractivity contribution >= 4 is 11.6 Å². The standard InChI is InChI=1S/C17H26N4O2/c1-22-14-5-6-16(23-2)15(9-14)20-17(18)19-10-12-7-8-21(11-12)13-3-4-13/h5-6,9,12-13H,3-4,7-8,10-11H2,1-2H3,(H3,18,19,20). The topological polar surface area (TPSA) is 72.1 Å². The summed E-state index contributed by atoms with van der Waals surface area (Å²) in [6, 6.07) is 6.40. The summed E-state index contributed by atoms with van der Waals surface area (Å²) in [6.45, 7) is 3.14. The first-order valence-corrected chi connectivity index (χ1v) is 8.22. The fourth-order valence-corrected chi connectivity index (χ4v) is 3.10. The Labute approximate surface area is 137 Å². The Hall–Kier alpha value is -1.95. The van der Waals surface area contributed by atoms with E-state index in [0.29, 0.717) is 17.6 Å². The third-order valence-corrected chi connectivity index (χ3v) is 4.57. The van der Waals surface area contributed by atoms with Crippen LogP contribution in [0.5, 0.6) is 11.5 Å². The minimum absolute atomic E-state index is 0.418. The lowest BCUT2D eigenvalue weighted by atomic mass is 10.1. The zero-order valence-electron chi connectivity index (χ0n) is 13.9. The number of anilines is 1. The zero-order valence-corrected chi connectivity index (χ0v) is 13.9. The minimum atomic E-state index is 0.418. The summed E-state index contributed by atoms with van der Waals surface area (Å²) in [4.78, 5) is 7.10. The molecule has 1 saturated heterocycles. The molecule has 1 heterocycles. The molecular formula is C17H26N4O2. The molecule has 1 aromatic carbocycles. The van der Waals surface area contributed by atoms with Gasteiger partial charge in [0.15, 0.2) is 5.96 Å². The third kappa shape index (κ3) is 4.07. The third-order valence-electron chi connectivity index (χ3n) is 4.57. The smallest absolute Gasteiger partial charge is 0.193 e. The van der Waals surface area contributed by atoms with E-state index in [0.717, 1.165) is 30.6 Å². The van der Waals surface area contributed by atoms with Gasteiger partial charge in [0, 0.05) is 25.2 Å². The Morgan fingerprint density at radius 3 is 2.83 bits per heavy atom. The van der Waals surface area contributed by atoms with Crippen LogP contribution in [0.25, 0.3) is 0 Å². The molecule has 1 unspecified atom stereocenters. The highest BCUT2D eigenvalue weighted by Gasteiger charge is 2.34. The van der Waals surface area contributed by atoms with E-state index >= 15 is 0 Å². The lowest BCUT2D eigenvalue weighted by Crippen LogP contribution is -2.26. The van der Waals surface area contributed by atoms with Crippen LogP contribution in [-0.2, 0) is 0 Å². The summed E-state index contributed by atoms with van der Waals surface area (Å²) < 4.78 is 10.6. The van der Waals surface area contributed by atoms with E-state index in [9.17, 15) is 0 Å². The molecule has 0 aromatic heterocycles. The van der Waals surface area contributed by atoms with E-state index in [-0.39, 0.29) is 0 Å². The lowest BCUT2D eigenvalue weighted by molar-refractivity contribution is 0.315. The highest BCUT2D eigenvalue weighted by Crippen LogP contribution is 2.32. The molecule has 0 radical (unpaired) electrons. The van der Waals surface area contributed by atoms with Crippen LogP contribution in [0.4, 0.5) is 5.69 Å². The van der Waals surface area contributed by atoms with E-state index < -0.39 is 0 Å². The normalized spacial score (nSPS) is 22.2. The summed E-state index contributed by atoms with van der Waals surface area (Å²) in [5.41, 5.74) is 6.80. The molecule has 0 amide bonds. The first kappa shape index (κ1) is 15.9. The Morgan fingerprint density at radius 2 is 2.13 bits per heavy atom. The van der Waals surface area contributed by atoms with Crippen molar-refractivity contribution in [2.24, 2.45) is 16.6 Å². The molecule has 2 fully saturated rings. The number of hydrogen-bond donors (Lipinski definition) is 2. The molecule has 3 rings (SSSR count).